The molecule has 6 heteroatoms. The number of hydrogen-bond donors (Lipinski definition) is 1. The van der Waals surface area contributed by atoms with Gasteiger partial charge in [-0.15, -0.1) is 0 Å². The van der Waals surface area contributed by atoms with Crippen LogP contribution in [0, 0.1) is 0 Å². The zero-order valence-corrected chi connectivity index (χ0v) is 14.0. The minimum Gasteiger partial charge on any atom is -0.493 e. The lowest BCUT2D eigenvalue weighted by molar-refractivity contribution is 0.156. The predicted molar refractivity (Wildman–Crippen MR) is 86.8 cm³/mol. The van der Waals surface area contributed by atoms with Crippen molar-refractivity contribution in [2.24, 2.45) is 0 Å². The summed E-state index contributed by atoms with van der Waals surface area (Å²) in [4.78, 5) is 0. The summed E-state index contributed by atoms with van der Waals surface area (Å²) in [6, 6.07) is 0. The molecule has 1 N–H and O–H groups in total. The maximum atomic E-state index is 10.9. The molecule has 1 aliphatic heterocycles. The molecule has 1 aliphatic rings. The average molecular weight is 316 g/mol. The van der Waals surface area contributed by atoms with Crippen molar-refractivity contribution in [2.45, 2.75) is 49.8 Å². The fourth-order valence-electron chi connectivity index (χ4n) is 2.61. The van der Waals surface area contributed by atoms with Crippen LogP contribution in [0.1, 0.15) is 38.5 Å². The summed E-state index contributed by atoms with van der Waals surface area (Å²) in [6.07, 6.45) is 3.29. The van der Waals surface area contributed by atoms with E-state index in [1.165, 1.54) is 5.75 Å². The van der Waals surface area contributed by atoms with Crippen LogP contribution >= 0.6 is 23.5 Å². The fourth-order valence-corrected chi connectivity index (χ4v) is 5.72. The highest BCUT2D eigenvalue weighted by Gasteiger charge is 2.35. The van der Waals surface area contributed by atoms with E-state index in [1.807, 2.05) is 28.2 Å². The summed E-state index contributed by atoms with van der Waals surface area (Å²) < 4.78 is 7.29. The number of methoxy groups -OCH3 is 1. The van der Waals surface area contributed by atoms with Gasteiger partial charge < -0.3 is 9.84 Å². The second-order valence-electron chi connectivity index (χ2n) is 4.92. The molecule has 0 aliphatic carbocycles. The molecular formula is C14H24N2O2S2. The first-order valence-electron chi connectivity index (χ1n) is 7.23. The monoisotopic (exact) mass is 316 g/mol. The minimum absolute atomic E-state index is 0.222. The maximum absolute atomic E-state index is 10.9. The molecule has 0 aromatic carbocycles. The molecule has 3 unspecified atom stereocenters. The van der Waals surface area contributed by atoms with Crippen LogP contribution in [0.3, 0.4) is 0 Å². The van der Waals surface area contributed by atoms with E-state index in [0.717, 1.165) is 30.8 Å². The van der Waals surface area contributed by atoms with Gasteiger partial charge in [0.2, 0.25) is 0 Å². The van der Waals surface area contributed by atoms with Crippen molar-refractivity contribution in [1.82, 2.24) is 9.78 Å². The lowest BCUT2D eigenvalue weighted by atomic mass is 10.1. The van der Waals surface area contributed by atoms with Gasteiger partial charge in [-0.3, -0.25) is 4.68 Å². The number of aliphatic hydroxyl groups is 1. The summed E-state index contributed by atoms with van der Waals surface area (Å²) in [5.41, 5.74) is 0.841. The second kappa shape index (κ2) is 7.61. The molecule has 2 heterocycles. The highest BCUT2D eigenvalue weighted by Crippen LogP contribution is 2.42. The highest BCUT2D eigenvalue weighted by atomic mass is 32.2. The molecule has 1 aromatic rings. The molecule has 0 saturated carbocycles. The van der Waals surface area contributed by atoms with E-state index in [1.54, 1.807) is 13.3 Å². The van der Waals surface area contributed by atoms with Crippen LogP contribution in [0.2, 0.25) is 0 Å². The van der Waals surface area contributed by atoms with E-state index in [4.69, 9.17) is 4.74 Å². The number of ether oxygens (including phenoxy) is 1. The topological polar surface area (TPSA) is 47.3 Å². The Labute approximate surface area is 129 Å². The Morgan fingerprint density at radius 2 is 2.20 bits per heavy atom. The van der Waals surface area contributed by atoms with Gasteiger partial charge in [0.1, 0.15) is 11.8 Å². The summed E-state index contributed by atoms with van der Waals surface area (Å²) in [7, 11) is 1.64. The Hall–Kier alpha value is -0.330. The lowest BCUT2D eigenvalue weighted by Crippen LogP contribution is -2.32. The first kappa shape index (κ1) is 16.0. The van der Waals surface area contributed by atoms with Crippen molar-refractivity contribution in [1.29, 1.82) is 0 Å². The largest absolute Gasteiger partial charge is 0.493 e. The van der Waals surface area contributed by atoms with Gasteiger partial charge in [-0.2, -0.15) is 28.6 Å². The van der Waals surface area contributed by atoms with E-state index in [0.29, 0.717) is 11.0 Å². The van der Waals surface area contributed by atoms with Crippen molar-refractivity contribution in [3.63, 3.8) is 0 Å². The molecule has 0 radical (unpaired) electrons. The summed E-state index contributed by atoms with van der Waals surface area (Å²) in [5.74, 6) is 2.99. The summed E-state index contributed by atoms with van der Waals surface area (Å²) in [6.45, 7) is 5.13. The molecule has 0 amide bonds. The molecule has 1 aromatic heterocycles. The number of aryl methyl sites for hydroxylation is 1. The molecule has 4 nitrogen and oxygen atoms in total. The van der Waals surface area contributed by atoms with Crippen LogP contribution < -0.4 is 4.74 Å². The van der Waals surface area contributed by atoms with Crippen LogP contribution in [-0.2, 0) is 6.54 Å². The Balaban J connectivity index is 2.26. The van der Waals surface area contributed by atoms with Gasteiger partial charge in [-0.05, 0) is 12.8 Å². The van der Waals surface area contributed by atoms with Crippen molar-refractivity contribution < 1.29 is 9.84 Å². The molecule has 2 rings (SSSR count). The smallest absolute Gasteiger partial charge is 0.162 e. The van der Waals surface area contributed by atoms with Crippen LogP contribution in [0.15, 0.2) is 6.20 Å². The molecule has 1 saturated heterocycles. The third-order valence-electron chi connectivity index (χ3n) is 3.59. The Morgan fingerprint density at radius 3 is 2.85 bits per heavy atom. The first-order valence-corrected chi connectivity index (χ1v) is 9.33. The number of rotatable bonds is 6. The normalized spacial score (nSPS) is 24.6. The molecule has 3 atom stereocenters. The third kappa shape index (κ3) is 3.28. The average Bonchev–Trinajstić information content (AvgIpc) is 2.89. The van der Waals surface area contributed by atoms with Gasteiger partial charge in [0.25, 0.3) is 0 Å². The Kier molecular flexibility index (Phi) is 6.11. The van der Waals surface area contributed by atoms with Crippen LogP contribution in [-0.4, -0.2) is 44.0 Å². The molecule has 0 spiro atoms. The van der Waals surface area contributed by atoms with E-state index in [-0.39, 0.29) is 5.25 Å². The van der Waals surface area contributed by atoms with Gasteiger partial charge in [-0.1, -0.05) is 13.8 Å². The Bertz CT molecular complexity index is 425. The van der Waals surface area contributed by atoms with Gasteiger partial charge in [-0.25, -0.2) is 0 Å². The molecular weight excluding hydrogens is 292 g/mol. The van der Waals surface area contributed by atoms with Crippen molar-refractivity contribution in [3.05, 3.63) is 11.9 Å². The summed E-state index contributed by atoms with van der Waals surface area (Å²) in [5, 5.41) is 16.0. The Morgan fingerprint density at radius 1 is 1.45 bits per heavy atom. The van der Waals surface area contributed by atoms with Crippen LogP contribution in [0.4, 0.5) is 0 Å². The van der Waals surface area contributed by atoms with E-state index in [9.17, 15) is 5.11 Å². The third-order valence-corrected chi connectivity index (χ3v) is 6.92. The van der Waals surface area contributed by atoms with E-state index in [2.05, 4.69) is 18.9 Å². The number of aliphatic hydroxyl groups excluding tert-OH is 1. The van der Waals surface area contributed by atoms with Crippen molar-refractivity contribution in [3.8, 4) is 5.75 Å². The van der Waals surface area contributed by atoms with Gasteiger partial charge in [0.15, 0.2) is 5.75 Å². The SMILES string of the molecule is CCCn1ncc(OC)c1C(O)C1SCCSC1CC. The second-order valence-corrected chi connectivity index (χ2v) is 7.55. The summed E-state index contributed by atoms with van der Waals surface area (Å²) >= 11 is 3.86. The first-order chi connectivity index (χ1) is 9.72. The van der Waals surface area contributed by atoms with Crippen molar-refractivity contribution in [2.75, 3.05) is 18.6 Å². The molecule has 114 valence electrons. The van der Waals surface area contributed by atoms with Crippen LogP contribution in [0.5, 0.6) is 5.75 Å². The minimum atomic E-state index is -0.512. The quantitative estimate of drug-likeness (QED) is 0.874. The zero-order valence-electron chi connectivity index (χ0n) is 12.4. The molecule has 1 fully saturated rings. The standard InChI is InChI=1S/C14H24N2O2S2/c1-4-6-16-12(10(18-3)9-15-16)13(17)14-11(5-2)19-7-8-20-14/h9,11,13-14,17H,4-8H2,1-3H3. The van der Waals surface area contributed by atoms with E-state index < -0.39 is 6.10 Å². The fraction of sp³-hybridized carbons (Fsp3) is 0.786. The van der Waals surface area contributed by atoms with Gasteiger partial charge in [0.05, 0.1) is 13.3 Å². The van der Waals surface area contributed by atoms with Crippen molar-refractivity contribution >= 4 is 23.5 Å². The zero-order chi connectivity index (χ0) is 14.5. The van der Waals surface area contributed by atoms with Gasteiger partial charge >= 0.3 is 0 Å². The predicted octanol–water partition coefficient (Wildman–Crippen LogP) is 2.96. The maximum Gasteiger partial charge on any atom is 0.162 e. The van der Waals surface area contributed by atoms with Crippen LogP contribution in [0.25, 0.3) is 0 Å². The number of thioether (sulfide) groups is 2. The van der Waals surface area contributed by atoms with Gasteiger partial charge in [0, 0.05) is 28.6 Å². The number of aromatic nitrogens is 2. The highest BCUT2D eigenvalue weighted by molar-refractivity contribution is 8.07. The molecule has 0 bridgehead atoms. The number of nitrogens with zero attached hydrogens (tertiary/aromatic N) is 2. The lowest BCUT2D eigenvalue weighted by Gasteiger charge is -2.33. The van der Waals surface area contributed by atoms with E-state index >= 15 is 0 Å². The number of hydrogen-bond acceptors (Lipinski definition) is 5. The molecule has 20 heavy (non-hydrogen) atoms.